The van der Waals surface area contributed by atoms with Crippen molar-refractivity contribution in [3.63, 3.8) is 0 Å². The molecule has 278 valence electrons. The summed E-state index contributed by atoms with van der Waals surface area (Å²) < 4.78 is 57.5. The number of likely N-dealkylation sites (tertiary alicyclic amines) is 1. The van der Waals surface area contributed by atoms with Gasteiger partial charge in [0.25, 0.3) is 0 Å². The van der Waals surface area contributed by atoms with Gasteiger partial charge in [0.1, 0.15) is 11.9 Å². The van der Waals surface area contributed by atoms with Crippen LogP contribution in [0.3, 0.4) is 0 Å². The van der Waals surface area contributed by atoms with Gasteiger partial charge in [-0.25, -0.2) is 4.39 Å². The molecule has 0 aliphatic carbocycles. The average Bonchev–Trinajstić information content (AvgIpc) is 3.05. The molecule has 12 heteroatoms. The second kappa shape index (κ2) is 21.3. The van der Waals surface area contributed by atoms with Gasteiger partial charge in [0.2, 0.25) is 11.8 Å². The molecule has 1 saturated heterocycles. The van der Waals surface area contributed by atoms with Gasteiger partial charge in [0, 0.05) is 30.6 Å². The van der Waals surface area contributed by atoms with Crippen molar-refractivity contribution in [2.45, 2.75) is 105 Å². The van der Waals surface area contributed by atoms with Crippen LogP contribution < -0.4 is 11.1 Å². The SMILES string of the molecule is CC(=O)C(COCc1ccccc1)NC(=O)C(C)(C)N.CC=N/C(C)=C\C.CCC(C(=O)N1CCC(C)CC1)c1ccc(C(F)(F)F)cc1F. The largest absolute Gasteiger partial charge is 0.416 e. The number of nitrogens with zero attached hydrogens (tertiary/aromatic N) is 2. The molecule has 0 radical (unpaired) electrons. The molecule has 0 spiro atoms. The standard InChI is InChI=1S/C17H21F4NO.C15H22N2O3.C6H11N/c1-3-13(16(23)22-8-6-11(2)7-9-22)14-5-4-12(10-15(14)18)17(19,20)21;1-11(18)13(17-14(19)15(2,3)16)10-20-9-12-7-5-4-6-8-12;1-4-6(3)7-5-2/h4-5,10-11,13H,3,6-9H2,1-2H3;4-8,13H,9-10,16H2,1-3H3,(H,17,19);4-5H,1-3H3/b;;6-4-,7-5?. The number of aliphatic imine (C=N–C) groups is 1. The maximum Gasteiger partial charge on any atom is 0.416 e. The minimum atomic E-state index is -4.59. The lowest BCUT2D eigenvalue weighted by atomic mass is 9.91. The third-order valence-electron chi connectivity index (χ3n) is 8.03. The van der Waals surface area contributed by atoms with E-state index in [-0.39, 0.29) is 29.8 Å². The molecule has 0 aromatic heterocycles. The quantitative estimate of drug-likeness (QED) is 0.185. The van der Waals surface area contributed by atoms with E-state index in [0.717, 1.165) is 36.2 Å². The number of benzene rings is 2. The van der Waals surface area contributed by atoms with E-state index >= 15 is 0 Å². The molecule has 0 bridgehead atoms. The summed E-state index contributed by atoms with van der Waals surface area (Å²) in [5.74, 6) is -1.87. The van der Waals surface area contributed by atoms with Gasteiger partial charge in [-0.2, -0.15) is 13.2 Å². The summed E-state index contributed by atoms with van der Waals surface area (Å²) in [6.07, 6.45) is 1.33. The molecule has 1 aliphatic rings. The lowest BCUT2D eigenvalue weighted by Gasteiger charge is -2.33. The number of hydrogen-bond donors (Lipinski definition) is 2. The molecule has 1 fully saturated rings. The van der Waals surface area contributed by atoms with E-state index in [4.69, 9.17) is 10.5 Å². The summed E-state index contributed by atoms with van der Waals surface area (Å²) in [6, 6.07) is 11.4. The Hall–Kier alpha value is -3.90. The summed E-state index contributed by atoms with van der Waals surface area (Å²) in [7, 11) is 0. The van der Waals surface area contributed by atoms with Gasteiger partial charge in [-0.1, -0.05) is 56.3 Å². The van der Waals surface area contributed by atoms with Gasteiger partial charge >= 0.3 is 6.18 Å². The van der Waals surface area contributed by atoms with Crippen molar-refractivity contribution in [2.24, 2.45) is 16.6 Å². The molecule has 50 heavy (non-hydrogen) atoms. The van der Waals surface area contributed by atoms with Crippen LogP contribution in [0.15, 0.2) is 65.3 Å². The van der Waals surface area contributed by atoms with Crippen molar-refractivity contribution in [3.05, 3.63) is 82.8 Å². The highest BCUT2D eigenvalue weighted by Gasteiger charge is 2.34. The van der Waals surface area contributed by atoms with Crippen LogP contribution in [0.2, 0.25) is 0 Å². The molecule has 2 aromatic carbocycles. The minimum Gasteiger partial charge on any atom is -0.374 e. The maximum absolute atomic E-state index is 14.1. The molecule has 8 nitrogen and oxygen atoms in total. The van der Waals surface area contributed by atoms with Crippen molar-refractivity contribution in [1.82, 2.24) is 10.2 Å². The number of piperidine rings is 1. The number of allylic oxidation sites excluding steroid dienone is 2. The number of ketones is 1. The molecule has 0 saturated carbocycles. The minimum absolute atomic E-state index is 0.0455. The fourth-order valence-corrected chi connectivity index (χ4v) is 4.71. The predicted molar refractivity (Wildman–Crippen MR) is 190 cm³/mol. The highest BCUT2D eigenvalue weighted by atomic mass is 19.4. The number of ether oxygens (including phenoxy) is 1. The van der Waals surface area contributed by atoms with E-state index < -0.39 is 35.1 Å². The average molecular weight is 707 g/mol. The summed E-state index contributed by atoms with van der Waals surface area (Å²) in [5, 5.41) is 2.60. The fraction of sp³-hybridized carbons (Fsp3) is 0.526. The van der Waals surface area contributed by atoms with Crippen molar-refractivity contribution in [3.8, 4) is 0 Å². The van der Waals surface area contributed by atoms with Gasteiger partial charge in [0.15, 0.2) is 5.78 Å². The summed E-state index contributed by atoms with van der Waals surface area (Å²) in [5.41, 5.74) is 5.76. The van der Waals surface area contributed by atoms with Crippen LogP contribution >= 0.6 is 0 Å². The predicted octanol–water partition coefficient (Wildman–Crippen LogP) is 7.61. The normalized spacial score (nSPS) is 15.3. The number of carbonyl (C=O) groups excluding carboxylic acids is 3. The van der Waals surface area contributed by atoms with Crippen LogP contribution in [-0.4, -0.2) is 60.0 Å². The van der Waals surface area contributed by atoms with E-state index in [1.165, 1.54) is 6.92 Å². The lowest BCUT2D eigenvalue weighted by Crippen LogP contribution is -2.54. The van der Waals surface area contributed by atoms with Gasteiger partial charge in [-0.15, -0.1) is 0 Å². The molecule has 2 unspecified atom stereocenters. The monoisotopic (exact) mass is 706 g/mol. The highest BCUT2D eigenvalue weighted by Crippen LogP contribution is 2.33. The maximum atomic E-state index is 14.1. The molecule has 3 N–H and O–H groups in total. The summed E-state index contributed by atoms with van der Waals surface area (Å²) in [6.45, 7) is 16.1. The smallest absolute Gasteiger partial charge is 0.374 e. The molecular formula is C38H54F4N4O4. The molecule has 1 aliphatic heterocycles. The first-order chi connectivity index (χ1) is 23.3. The number of nitrogens with one attached hydrogen (secondary N) is 1. The molecule has 2 amide bonds. The third-order valence-corrected chi connectivity index (χ3v) is 8.03. The van der Waals surface area contributed by atoms with Gasteiger partial charge in [-0.3, -0.25) is 19.4 Å². The van der Waals surface area contributed by atoms with Crippen molar-refractivity contribution >= 4 is 23.8 Å². The van der Waals surface area contributed by atoms with Crippen LogP contribution in [0.5, 0.6) is 0 Å². The molecule has 2 aromatic rings. The zero-order valence-electron chi connectivity index (χ0n) is 30.6. The Balaban J connectivity index is 0.000000424. The van der Waals surface area contributed by atoms with E-state index in [1.54, 1.807) is 31.9 Å². The van der Waals surface area contributed by atoms with E-state index in [1.807, 2.05) is 57.2 Å². The lowest BCUT2D eigenvalue weighted by molar-refractivity contribution is -0.137. The Labute approximate surface area is 294 Å². The number of rotatable bonds is 11. The number of hydrogen-bond acceptors (Lipinski definition) is 6. The fourth-order valence-electron chi connectivity index (χ4n) is 4.71. The third kappa shape index (κ3) is 15.8. The van der Waals surface area contributed by atoms with E-state index in [2.05, 4.69) is 17.2 Å². The Bertz CT molecular complexity index is 1410. The van der Waals surface area contributed by atoms with Crippen LogP contribution in [0.1, 0.15) is 97.3 Å². The van der Waals surface area contributed by atoms with Gasteiger partial charge < -0.3 is 20.7 Å². The Morgan fingerprint density at radius 2 is 1.66 bits per heavy atom. The number of carbonyl (C=O) groups is 3. The van der Waals surface area contributed by atoms with Crippen molar-refractivity contribution in [1.29, 1.82) is 0 Å². The van der Waals surface area contributed by atoms with Crippen LogP contribution in [0, 0.1) is 11.7 Å². The second-order valence-electron chi connectivity index (χ2n) is 12.9. The second-order valence-corrected chi connectivity index (χ2v) is 12.9. The first-order valence-electron chi connectivity index (χ1n) is 16.8. The summed E-state index contributed by atoms with van der Waals surface area (Å²) >= 11 is 0. The zero-order valence-corrected chi connectivity index (χ0v) is 30.6. The van der Waals surface area contributed by atoms with Crippen LogP contribution in [-0.2, 0) is 31.9 Å². The first-order valence-corrected chi connectivity index (χ1v) is 16.8. The number of halogens is 4. The number of nitrogens with two attached hydrogens (primary N) is 1. The number of Topliss-reactive ketones (excluding diaryl/α,β-unsaturated/α-hetero) is 1. The Kier molecular flexibility index (Phi) is 18.8. The molecule has 3 rings (SSSR count). The topological polar surface area (TPSA) is 114 Å². The van der Waals surface area contributed by atoms with Crippen LogP contribution in [0.25, 0.3) is 0 Å². The zero-order chi connectivity index (χ0) is 38.1. The van der Waals surface area contributed by atoms with Crippen molar-refractivity contribution < 1.29 is 36.7 Å². The van der Waals surface area contributed by atoms with Gasteiger partial charge in [0.05, 0.1) is 30.2 Å². The first kappa shape index (κ1) is 44.1. The summed E-state index contributed by atoms with van der Waals surface area (Å²) in [4.78, 5) is 41.6. The number of amides is 2. The molecule has 2 atom stereocenters. The van der Waals surface area contributed by atoms with E-state index in [0.29, 0.717) is 38.1 Å². The van der Waals surface area contributed by atoms with E-state index in [9.17, 15) is 31.9 Å². The Morgan fingerprint density at radius 1 is 1.06 bits per heavy atom. The number of alkyl halides is 3. The van der Waals surface area contributed by atoms with Gasteiger partial charge in [-0.05, 0) is 84.4 Å². The van der Waals surface area contributed by atoms with Crippen molar-refractivity contribution in [2.75, 3.05) is 19.7 Å². The Morgan fingerprint density at radius 3 is 2.10 bits per heavy atom. The highest BCUT2D eigenvalue weighted by molar-refractivity contribution is 5.91. The molecule has 1 heterocycles. The molecular weight excluding hydrogens is 652 g/mol. The van der Waals surface area contributed by atoms with Crippen LogP contribution in [0.4, 0.5) is 17.6 Å².